The SMILES string of the molecule is CC(Oc1cccc(Cl)c1)C(=O)Nc1ccc2oc(=O)n(C)c2c1. The average molecular weight is 347 g/mol. The summed E-state index contributed by atoms with van der Waals surface area (Å²) < 4.78 is 12.0. The van der Waals surface area contributed by atoms with Gasteiger partial charge < -0.3 is 14.5 Å². The van der Waals surface area contributed by atoms with E-state index in [4.69, 9.17) is 20.8 Å². The zero-order chi connectivity index (χ0) is 17.3. The number of fused-ring (bicyclic) bond motifs is 1. The summed E-state index contributed by atoms with van der Waals surface area (Å²) in [5.41, 5.74) is 1.61. The molecule has 0 aliphatic carbocycles. The number of aromatic nitrogens is 1. The summed E-state index contributed by atoms with van der Waals surface area (Å²) in [6.45, 7) is 1.64. The van der Waals surface area contributed by atoms with E-state index in [0.717, 1.165) is 0 Å². The smallest absolute Gasteiger partial charge is 0.419 e. The molecule has 0 radical (unpaired) electrons. The maximum Gasteiger partial charge on any atom is 0.419 e. The van der Waals surface area contributed by atoms with Crippen molar-refractivity contribution in [1.82, 2.24) is 4.57 Å². The van der Waals surface area contributed by atoms with E-state index in [2.05, 4.69) is 5.32 Å². The van der Waals surface area contributed by atoms with Gasteiger partial charge in [-0.3, -0.25) is 9.36 Å². The predicted molar refractivity (Wildman–Crippen MR) is 91.6 cm³/mol. The topological polar surface area (TPSA) is 73.5 Å². The van der Waals surface area contributed by atoms with Crippen LogP contribution in [-0.2, 0) is 11.8 Å². The van der Waals surface area contributed by atoms with Crippen LogP contribution in [0.1, 0.15) is 6.92 Å². The molecule has 0 saturated heterocycles. The molecule has 1 N–H and O–H groups in total. The van der Waals surface area contributed by atoms with Crippen LogP contribution in [0.2, 0.25) is 5.02 Å². The fourth-order valence-electron chi connectivity index (χ4n) is 2.25. The molecule has 3 rings (SSSR count). The standard InChI is InChI=1S/C17H15ClN2O4/c1-10(23-13-5-3-4-11(18)8-13)16(21)19-12-6-7-15-14(9-12)20(2)17(22)24-15/h3-10H,1-2H3,(H,19,21). The third-order valence-corrected chi connectivity index (χ3v) is 3.77. The van der Waals surface area contributed by atoms with Gasteiger partial charge in [-0.2, -0.15) is 0 Å². The number of halogens is 1. The van der Waals surface area contributed by atoms with Crippen LogP contribution in [0.25, 0.3) is 11.1 Å². The van der Waals surface area contributed by atoms with Crippen molar-refractivity contribution in [2.75, 3.05) is 5.32 Å². The fraction of sp³-hybridized carbons (Fsp3) is 0.176. The summed E-state index contributed by atoms with van der Waals surface area (Å²) in [5, 5.41) is 3.28. The first kappa shape index (κ1) is 16.1. The zero-order valence-corrected chi connectivity index (χ0v) is 13.8. The number of anilines is 1. The van der Waals surface area contributed by atoms with Crippen LogP contribution < -0.4 is 15.8 Å². The summed E-state index contributed by atoms with van der Waals surface area (Å²) >= 11 is 5.89. The van der Waals surface area contributed by atoms with E-state index in [1.54, 1.807) is 56.4 Å². The Morgan fingerprint density at radius 2 is 2.08 bits per heavy atom. The number of carbonyl (C=O) groups is 1. The Labute approximate surface area is 142 Å². The van der Waals surface area contributed by atoms with Gasteiger partial charge in [-0.25, -0.2) is 4.79 Å². The van der Waals surface area contributed by atoms with Crippen molar-refractivity contribution in [2.24, 2.45) is 7.05 Å². The second-order valence-corrected chi connectivity index (χ2v) is 5.75. The number of aryl methyl sites for hydroxylation is 1. The molecule has 0 saturated carbocycles. The summed E-state index contributed by atoms with van der Waals surface area (Å²) in [7, 11) is 1.60. The molecule has 1 amide bonds. The lowest BCUT2D eigenvalue weighted by Gasteiger charge is -2.15. The molecule has 24 heavy (non-hydrogen) atoms. The van der Waals surface area contributed by atoms with Crippen LogP contribution >= 0.6 is 11.6 Å². The first-order valence-electron chi connectivity index (χ1n) is 7.27. The molecule has 6 nitrogen and oxygen atoms in total. The van der Waals surface area contributed by atoms with Gasteiger partial charge in [0, 0.05) is 17.8 Å². The Morgan fingerprint density at radius 1 is 1.29 bits per heavy atom. The molecule has 0 fully saturated rings. The van der Waals surface area contributed by atoms with E-state index in [1.165, 1.54) is 4.57 Å². The van der Waals surface area contributed by atoms with Crippen LogP contribution in [0.3, 0.4) is 0 Å². The third kappa shape index (κ3) is 3.28. The fourth-order valence-corrected chi connectivity index (χ4v) is 2.43. The van der Waals surface area contributed by atoms with Gasteiger partial charge in [0.05, 0.1) is 5.52 Å². The molecular weight excluding hydrogens is 332 g/mol. The van der Waals surface area contributed by atoms with Crippen LogP contribution in [0.5, 0.6) is 5.75 Å². The first-order chi connectivity index (χ1) is 11.4. The van der Waals surface area contributed by atoms with Crippen molar-refractivity contribution in [3.05, 3.63) is 58.0 Å². The van der Waals surface area contributed by atoms with E-state index in [0.29, 0.717) is 27.6 Å². The van der Waals surface area contributed by atoms with Gasteiger partial charge in [-0.1, -0.05) is 17.7 Å². The van der Waals surface area contributed by atoms with Crippen LogP contribution in [0.15, 0.2) is 51.7 Å². The van der Waals surface area contributed by atoms with E-state index in [-0.39, 0.29) is 5.91 Å². The molecule has 1 atom stereocenters. The second-order valence-electron chi connectivity index (χ2n) is 5.32. The quantitative estimate of drug-likeness (QED) is 0.787. The molecule has 1 heterocycles. The van der Waals surface area contributed by atoms with Gasteiger partial charge in [-0.05, 0) is 43.3 Å². The number of oxazole rings is 1. The lowest BCUT2D eigenvalue weighted by molar-refractivity contribution is -0.122. The molecule has 124 valence electrons. The highest BCUT2D eigenvalue weighted by Crippen LogP contribution is 2.20. The van der Waals surface area contributed by atoms with Crippen LogP contribution in [0.4, 0.5) is 5.69 Å². The number of rotatable bonds is 4. The van der Waals surface area contributed by atoms with Gasteiger partial charge in [0.1, 0.15) is 5.75 Å². The number of nitrogens with zero attached hydrogens (tertiary/aromatic N) is 1. The minimum Gasteiger partial charge on any atom is -0.481 e. The molecule has 7 heteroatoms. The molecule has 3 aromatic rings. The van der Waals surface area contributed by atoms with Gasteiger partial charge in [-0.15, -0.1) is 0 Å². The zero-order valence-electron chi connectivity index (χ0n) is 13.1. The molecule has 2 aromatic carbocycles. The van der Waals surface area contributed by atoms with Gasteiger partial charge in [0.15, 0.2) is 11.7 Å². The normalized spacial score (nSPS) is 12.1. The Balaban J connectivity index is 1.74. The van der Waals surface area contributed by atoms with Crippen molar-refractivity contribution < 1.29 is 13.9 Å². The molecule has 0 aliphatic rings. The number of ether oxygens (including phenoxy) is 1. The highest BCUT2D eigenvalue weighted by Gasteiger charge is 2.16. The molecule has 1 unspecified atom stereocenters. The number of hydrogen-bond donors (Lipinski definition) is 1. The van der Waals surface area contributed by atoms with E-state index >= 15 is 0 Å². The van der Waals surface area contributed by atoms with E-state index in [1.807, 2.05) is 0 Å². The highest BCUT2D eigenvalue weighted by atomic mass is 35.5. The summed E-state index contributed by atoms with van der Waals surface area (Å²) in [6, 6.07) is 11.8. The van der Waals surface area contributed by atoms with Crippen molar-refractivity contribution >= 4 is 34.3 Å². The molecular formula is C17H15ClN2O4. The Bertz CT molecular complexity index is 961. The Kier molecular flexibility index (Phi) is 4.31. The largest absolute Gasteiger partial charge is 0.481 e. The first-order valence-corrected chi connectivity index (χ1v) is 7.64. The van der Waals surface area contributed by atoms with Gasteiger partial charge >= 0.3 is 5.76 Å². The van der Waals surface area contributed by atoms with Crippen molar-refractivity contribution in [2.45, 2.75) is 13.0 Å². The Hall–Kier alpha value is -2.73. The lowest BCUT2D eigenvalue weighted by Crippen LogP contribution is -2.30. The van der Waals surface area contributed by atoms with Crippen molar-refractivity contribution in [3.63, 3.8) is 0 Å². The number of carbonyl (C=O) groups excluding carboxylic acids is 1. The summed E-state index contributed by atoms with van der Waals surface area (Å²) in [4.78, 5) is 23.8. The second kappa shape index (κ2) is 6.41. The molecule has 0 spiro atoms. The lowest BCUT2D eigenvalue weighted by atomic mass is 10.2. The highest BCUT2D eigenvalue weighted by molar-refractivity contribution is 6.30. The maximum atomic E-state index is 12.3. The minimum atomic E-state index is -0.715. The van der Waals surface area contributed by atoms with Crippen molar-refractivity contribution in [1.29, 1.82) is 0 Å². The molecule has 1 aromatic heterocycles. The average Bonchev–Trinajstić information content (AvgIpc) is 2.82. The van der Waals surface area contributed by atoms with E-state index < -0.39 is 11.9 Å². The van der Waals surface area contributed by atoms with Crippen LogP contribution in [0, 0.1) is 0 Å². The van der Waals surface area contributed by atoms with Gasteiger partial charge in [0.25, 0.3) is 5.91 Å². The number of hydrogen-bond acceptors (Lipinski definition) is 4. The van der Waals surface area contributed by atoms with Crippen LogP contribution in [-0.4, -0.2) is 16.6 Å². The van der Waals surface area contributed by atoms with Gasteiger partial charge in [0.2, 0.25) is 0 Å². The minimum absolute atomic E-state index is 0.317. The molecule has 0 bridgehead atoms. The monoisotopic (exact) mass is 346 g/mol. The summed E-state index contributed by atoms with van der Waals surface area (Å²) in [6.07, 6.45) is -0.715. The van der Waals surface area contributed by atoms with E-state index in [9.17, 15) is 9.59 Å². The number of nitrogens with one attached hydrogen (secondary N) is 1. The molecule has 0 aliphatic heterocycles. The maximum absolute atomic E-state index is 12.3. The Morgan fingerprint density at radius 3 is 2.83 bits per heavy atom. The van der Waals surface area contributed by atoms with Crippen molar-refractivity contribution in [3.8, 4) is 5.75 Å². The third-order valence-electron chi connectivity index (χ3n) is 3.54. The number of amides is 1. The predicted octanol–water partition coefficient (Wildman–Crippen LogP) is 3.19. The summed E-state index contributed by atoms with van der Waals surface area (Å²) in [5.74, 6) is -0.258. The number of benzene rings is 2.